The van der Waals surface area contributed by atoms with Crippen LogP contribution < -0.4 is 15.4 Å². The fraction of sp³-hybridized carbons (Fsp3) is 0.562. The molecule has 1 aromatic carbocycles. The van der Waals surface area contributed by atoms with E-state index in [2.05, 4.69) is 29.4 Å². The quantitative estimate of drug-likeness (QED) is 0.541. The van der Waals surface area contributed by atoms with Crippen LogP contribution in [-0.2, 0) is 0 Å². The van der Waals surface area contributed by atoms with Gasteiger partial charge in [0.25, 0.3) is 0 Å². The van der Waals surface area contributed by atoms with E-state index >= 15 is 0 Å². The van der Waals surface area contributed by atoms with E-state index in [-0.39, 0.29) is 6.03 Å². The van der Waals surface area contributed by atoms with Crippen LogP contribution in [0.2, 0.25) is 5.02 Å². The molecule has 22 heavy (non-hydrogen) atoms. The van der Waals surface area contributed by atoms with Crippen molar-refractivity contribution >= 4 is 17.6 Å². The van der Waals surface area contributed by atoms with Crippen LogP contribution >= 0.6 is 11.6 Å². The highest BCUT2D eigenvalue weighted by Gasteiger charge is 2.08. The molecule has 1 unspecified atom stereocenters. The highest BCUT2D eigenvalue weighted by molar-refractivity contribution is 6.30. The number of urea groups is 1. The molecule has 2 N–H and O–H groups in total. The predicted octanol–water partition coefficient (Wildman–Crippen LogP) is 3.10. The summed E-state index contributed by atoms with van der Waals surface area (Å²) in [6.45, 7) is 9.77. The summed E-state index contributed by atoms with van der Waals surface area (Å²) in [6, 6.07) is 6.81. The third-order valence-corrected chi connectivity index (χ3v) is 3.54. The molecule has 1 rings (SSSR count). The number of hydrogen-bond donors (Lipinski definition) is 2. The maximum absolute atomic E-state index is 11.7. The number of ether oxygens (including phenoxy) is 1. The zero-order valence-electron chi connectivity index (χ0n) is 13.6. The number of rotatable bonds is 9. The lowest BCUT2D eigenvalue weighted by Gasteiger charge is -2.19. The number of carbonyl (C=O) groups is 1. The van der Waals surface area contributed by atoms with E-state index in [9.17, 15) is 4.79 Å². The molecule has 0 aliphatic carbocycles. The van der Waals surface area contributed by atoms with Crippen LogP contribution in [0, 0.1) is 0 Å². The fourth-order valence-electron chi connectivity index (χ4n) is 2.03. The van der Waals surface area contributed by atoms with Crippen molar-refractivity contribution in [3.8, 4) is 5.75 Å². The van der Waals surface area contributed by atoms with Crippen LogP contribution in [0.4, 0.5) is 4.79 Å². The van der Waals surface area contributed by atoms with Crippen LogP contribution in [0.15, 0.2) is 24.3 Å². The molecule has 5 nitrogen and oxygen atoms in total. The smallest absolute Gasteiger partial charge is 0.317 e. The van der Waals surface area contributed by atoms with Crippen LogP contribution in [0.1, 0.15) is 27.2 Å². The Bertz CT molecular complexity index is 436. The van der Waals surface area contributed by atoms with Gasteiger partial charge in [0, 0.05) is 11.6 Å². The average Bonchev–Trinajstić information content (AvgIpc) is 2.49. The second-order valence-corrected chi connectivity index (χ2v) is 5.43. The third-order valence-electron chi connectivity index (χ3n) is 3.29. The second-order valence-electron chi connectivity index (χ2n) is 4.99. The first kappa shape index (κ1) is 18.6. The number of carbonyl (C=O) groups excluding carboxylic acids is 1. The maximum atomic E-state index is 11.7. The number of hydrogen-bond acceptors (Lipinski definition) is 3. The topological polar surface area (TPSA) is 53.6 Å². The van der Waals surface area contributed by atoms with E-state index in [1.54, 1.807) is 31.2 Å². The molecule has 2 amide bonds. The van der Waals surface area contributed by atoms with Gasteiger partial charge in [0.2, 0.25) is 0 Å². The molecular formula is C16H26ClN3O2. The minimum Gasteiger partial charge on any atom is -0.471 e. The summed E-state index contributed by atoms with van der Waals surface area (Å²) < 4.78 is 5.58. The lowest BCUT2D eigenvalue weighted by atomic mass is 10.3. The van der Waals surface area contributed by atoms with E-state index in [0.717, 1.165) is 26.1 Å². The molecule has 0 saturated heterocycles. The van der Waals surface area contributed by atoms with Crippen molar-refractivity contribution in [2.45, 2.75) is 33.4 Å². The predicted molar refractivity (Wildman–Crippen MR) is 90.5 cm³/mol. The Morgan fingerprint density at radius 2 is 1.91 bits per heavy atom. The van der Waals surface area contributed by atoms with Crippen molar-refractivity contribution in [1.29, 1.82) is 0 Å². The number of nitrogens with one attached hydrogen (secondary N) is 2. The summed E-state index contributed by atoms with van der Waals surface area (Å²) >= 11 is 5.81. The van der Waals surface area contributed by atoms with Gasteiger partial charge in [0.15, 0.2) is 6.23 Å². The minimum atomic E-state index is -0.413. The molecular weight excluding hydrogens is 302 g/mol. The molecule has 0 aromatic heterocycles. The van der Waals surface area contributed by atoms with Gasteiger partial charge in [-0.3, -0.25) is 0 Å². The standard InChI is InChI=1S/C16H26ClN3O2/c1-4-20(5-2)12-6-11-18-16(21)19-13(3)22-15-9-7-14(17)8-10-15/h7-10,13H,4-6,11-12H2,1-3H3,(H2,18,19,21). The van der Waals surface area contributed by atoms with Crippen LogP contribution in [0.5, 0.6) is 5.75 Å². The molecule has 0 bridgehead atoms. The minimum absolute atomic E-state index is 0.221. The zero-order valence-corrected chi connectivity index (χ0v) is 14.3. The molecule has 0 radical (unpaired) electrons. The first-order valence-corrected chi connectivity index (χ1v) is 8.11. The molecule has 0 fully saturated rings. The van der Waals surface area contributed by atoms with Gasteiger partial charge in [-0.15, -0.1) is 0 Å². The molecule has 0 spiro atoms. The van der Waals surface area contributed by atoms with E-state index < -0.39 is 6.23 Å². The molecule has 0 aliphatic heterocycles. The van der Waals surface area contributed by atoms with Gasteiger partial charge in [-0.2, -0.15) is 0 Å². The van der Waals surface area contributed by atoms with E-state index in [1.807, 2.05) is 0 Å². The van der Waals surface area contributed by atoms with Crippen molar-refractivity contribution in [1.82, 2.24) is 15.5 Å². The molecule has 6 heteroatoms. The Morgan fingerprint density at radius 3 is 2.50 bits per heavy atom. The Hall–Kier alpha value is -1.46. The molecule has 124 valence electrons. The van der Waals surface area contributed by atoms with Crippen molar-refractivity contribution in [2.75, 3.05) is 26.2 Å². The normalized spacial score (nSPS) is 12.0. The van der Waals surface area contributed by atoms with Gasteiger partial charge in [-0.25, -0.2) is 4.79 Å². The van der Waals surface area contributed by atoms with Crippen LogP contribution in [-0.4, -0.2) is 43.3 Å². The highest BCUT2D eigenvalue weighted by Crippen LogP contribution is 2.16. The van der Waals surface area contributed by atoms with Gasteiger partial charge >= 0.3 is 6.03 Å². The molecule has 0 heterocycles. The van der Waals surface area contributed by atoms with Crippen molar-refractivity contribution in [3.63, 3.8) is 0 Å². The molecule has 1 atom stereocenters. The largest absolute Gasteiger partial charge is 0.471 e. The van der Waals surface area contributed by atoms with Gasteiger partial charge < -0.3 is 20.3 Å². The number of nitrogens with zero attached hydrogens (tertiary/aromatic N) is 1. The summed E-state index contributed by atoms with van der Waals surface area (Å²) in [7, 11) is 0. The Morgan fingerprint density at radius 1 is 1.27 bits per heavy atom. The summed E-state index contributed by atoms with van der Waals surface area (Å²) in [5, 5.41) is 6.23. The third kappa shape index (κ3) is 7.52. The second kappa shape index (κ2) is 10.3. The van der Waals surface area contributed by atoms with E-state index in [0.29, 0.717) is 17.3 Å². The average molecular weight is 328 g/mol. The van der Waals surface area contributed by atoms with Gasteiger partial charge in [-0.1, -0.05) is 25.4 Å². The first-order chi connectivity index (χ1) is 10.5. The fourth-order valence-corrected chi connectivity index (χ4v) is 2.15. The van der Waals surface area contributed by atoms with Crippen molar-refractivity contribution in [3.05, 3.63) is 29.3 Å². The van der Waals surface area contributed by atoms with Crippen LogP contribution in [0.25, 0.3) is 0 Å². The lowest BCUT2D eigenvalue weighted by molar-refractivity contribution is 0.177. The maximum Gasteiger partial charge on any atom is 0.317 e. The Kier molecular flexibility index (Phi) is 8.70. The summed E-state index contributed by atoms with van der Waals surface area (Å²) in [5.74, 6) is 0.665. The van der Waals surface area contributed by atoms with Crippen LogP contribution in [0.3, 0.4) is 0 Å². The van der Waals surface area contributed by atoms with E-state index in [4.69, 9.17) is 16.3 Å². The molecule has 1 aromatic rings. The van der Waals surface area contributed by atoms with Gasteiger partial charge in [0.05, 0.1) is 0 Å². The van der Waals surface area contributed by atoms with Crippen molar-refractivity contribution in [2.24, 2.45) is 0 Å². The zero-order chi connectivity index (χ0) is 16.4. The number of halogens is 1. The summed E-state index contributed by atoms with van der Waals surface area (Å²) in [5.41, 5.74) is 0. The molecule has 0 saturated carbocycles. The SMILES string of the molecule is CCN(CC)CCCNC(=O)NC(C)Oc1ccc(Cl)cc1. The summed E-state index contributed by atoms with van der Waals surface area (Å²) in [4.78, 5) is 14.1. The monoisotopic (exact) mass is 327 g/mol. The lowest BCUT2D eigenvalue weighted by Crippen LogP contribution is -2.44. The first-order valence-electron chi connectivity index (χ1n) is 7.74. The number of amides is 2. The Balaban J connectivity index is 2.19. The van der Waals surface area contributed by atoms with Crippen molar-refractivity contribution < 1.29 is 9.53 Å². The molecule has 0 aliphatic rings. The van der Waals surface area contributed by atoms with Gasteiger partial charge in [-0.05, 0) is 57.2 Å². The van der Waals surface area contributed by atoms with E-state index in [1.165, 1.54) is 0 Å². The van der Waals surface area contributed by atoms with Gasteiger partial charge in [0.1, 0.15) is 5.75 Å². The number of benzene rings is 1. The highest BCUT2D eigenvalue weighted by atomic mass is 35.5. The summed E-state index contributed by atoms with van der Waals surface area (Å²) in [6.07, 6.45) is 0.519. The Labute approximate surface area is 138 Å².